The summed E-state index contributed by atoms with van der Waals surface area (Å²) in [5, 5.41) is 13.0. The summed E-state index contributed by atoms with van der Waals surface area (Å²) < 4.78 is 18.4. The topological polar surface area (TPSA) is 101 Å². The molecule has 0 aromatic heterocycles. The predicted molar refractivity (Wildman–Crippen MR) is 122 cm³/mol. The van der Waals surface area contributed by atoms with Crippen LogP contribution < -0.4 is 5.32 Å². The second-order valence-corrected chi connectivity index (χ2v) is 11.8. The average molecular weight is 462 g/mol. The quantitative estimate of drug-likeness (QED) is 0.444. The van der Waals surface area contributed by atoms with E-state index in [9.17, 15) is 14.7 Å². The summed E-state index contributed by atoms with van der Waals surface area (Å²) in [5.74, 6) is -0.539. The Bertz CT molecular complexity index is 834. The number of methoxy groups -OCH3 is 1. The molecule has 7 nitrogen and oxygen atoms in total. The lowest BCUT2D eigenvalue weighted by Crippen LogP contribution is -2.62. The summed E-state index contributed by atoms with van der Waals surface area (Å²) in [6.07, 6.45) is 8.60. The molecule has 184 valence electrons. The maximum Gasteiger partial charge on any atom is 0.309 e. The molecule has 6 atom stereocenters. The Morgan fingerprint density at radius 2 is 1.70 bits per heavy atom. The summed E-state index contributed by atoms with van der Waals surface area (Å²) in [6, 6.07) is -0.0880. The first-order valence-corrected chi connectivity index (χ1v) is 12.6. The van der Waals surface area contributed by atoms with Crippen molar-refractivity contribution in [1.29, 1.82) is 0 Å². The van der Waals surface area contributed by atoms with Gasteiger partial charge in [-0.05, 0) is 78.6 Å². The number of carbonyl (C=O) groups excluding carboxylic acids is 1. The highest BCUT2D eigenvalue weighted by Crippen LogP contribution is 2.60. The monoisotopic (exact) mass is 461 g/mol. The van der Waals surface area contributed by atoms with Crippen molar-refractivity contribution in [2.45, 2.75) is 108 Å². The van der Waals surface area contributed by atoms with Gasteiger partial charge in [0.05, 0.1) is 35.9 Å². The van der Waals surface area contributed by atoms with Gasteiger partial charge in [-0.3, -0.25) is 9.59 Å². The van der Waals surface area contributed by atoms with E-state index in [1.54, 1.807) is 7.11 Å². The molecule has 6 rings (SSSR count). The lowest BCUT2D eigenvalue weighted by atomic mass is 9.53. The van der Waals surface area contributed by atoms with Gasteiger partial charge in [0.2, 0.25) is 5.91 Å². The summed E-state index contributed by atoms with van der Waals surface area (Å²) in [6.45, 7) is 7.11. The molecule has 2 saturated heterocycles. The van der Waals surface area contributed by atoms with E-state index in [-0.39, 0.29) is 41.3 Å². The Kier molecular flexibility index (Phi) is 5.50. The number of carboxylic acids is 1. The van der Waals surface area contributed by atoms with Crippen molar-refractivity contribution in [1.82, 2.24) is 5.32 Å². The number of hydrogen-bond acceptors (Lipinski definition) is 5. The number of nitrogens with one attached hydrogen (secondary N) is 1. The molecule has 7 heteroatoms. The van der Waals surface area contributed by atoms with Crippen LogP contribution in [-0.2, 0) is 23.8 Å². The van der Waals surface area contributed by atoms with Crippen molar-refractivity contribution in [3.05, 3.63) is 11.6 Å². The summed E-state index contributed by atoms with van der Waals surface area (Å²) >= 11 is 0. The van der Waals surface area contributed by atoms with E-state index in [0.29, 0.717) is 38.5 Å². The molecular formula is C26H39NO6. The Morgan fingerprint density at radius 3 is 2.21 bits per heavy atom. The maximum atomic E-state index is 13.6. The molecule has 0 radical (unpaired) electrons. The van der Waals surface area contributed by atoms with Crippen LogP contribution in [0.15, 0.2) is 11.6 Å². The van der Waals surface area contributed by atoms with E-state index in [1.165, 1.54) is 5.57 Å². The lowest BCUT2D eigenvalue weighted by Gasteiger charge is -2.51. The van der Waals surface area contributed by atoms with Gasteiger partial charge < -0.3 is 24.6 Å². The third-order valence-electron chi connectivity index (χ3n) is 9.79. The number of ether oxygens (including phenoxy) is 3. The number of aliphatic carboxylic acids is 1. The number of fused-ring (bicyclic) bond motifs is 3. The first-order valence-electron chi connectivity index (χ1n) is 12.6. The predicted octanol–water partition coefficient (Wildman–Crippen LogP) is 3.60. The van der Waals surface area contributed by atoms with Crippen molar-refractivity contribution < 1.29 is 28.9 Å². The minimum Gasteiger partial charge on any atom is -0.481 e. The van der Waals surface area contributed by atoms with E-state index in [4.69, 9.17) is 14.2 Å². The summed E-state index contributed by atoms with van der Waals surface area (Å²) in [5.41, 5.74) is -0.274. The average Bonchev–Trinajstić information content (AvgIpc) is 3.71. The standard InChI is InChI=1S/C26H39NO6/c1-16(2)5-6-18-23(3,33-18)20-19(31-4)17(7-8-26(20)15-32-26)27-21(28)24-9-12-25(13-10-24,14-11-24)22(29)30/h5,17-20H,6-15H2,1-4H3,(H,27,28)(H,29,30)/t17-,18?,19-,20-,23?,24?,25?,26+/m1/s1. The number of rotatable bonds is 7. The van der Waals surface area contributed by atoms with Crippen molar-refractivity contribution in [2.24, 2.45) is 16.7 Å². The molecule has 6 aliphatic rings. The maximum absolute atomic E-state index is 13.6. The Balaban J connectivity index is 1.30. The first kappa shape index (κ1) is 23.3. The van der Waals surface area contributed by atoms with Gasteiger partial charge in [0, 0.05) is 18.4 Å². The fraction of sp³-hybridized carbons (Fsp3) is 0.846. The van der Waals surface area contributed by atoms with Gasteiger partial charge in [0.15, 0.2) is 0 Å². The van der Waals surface area contributed by atoms with E-state index < -0.39 is 16.8 Å². The molecule has 2 heterocycles. The van der Waals surface area contributed by atoms with E-state index >= 15 is 0 Å². The number of amides is 1. The fourth-order valence-electron chi connectivity index (χ4n) is 7.31. The number of hydrogen-bond donors (Lipinski definition) is 2. The van der Waals surface area contributed by atoms with E-state index in [1.807, 2.05) is 0 Å². The second kappa shape index (κ2) is 7.79. The van der Waals surface area contributed by atoms with Crippen LogP contribution in [0.1, 0.15) is 78.6 Å². The third-order valence-corrected chi connectivity index (χ3v) is 9.79. The molecule has 4 saturated carbocycles. The molecule has 6 fully saturated rings. The molecule has 2 N–H and O–H groups in total. The Hall–Kier alpha value is -1.44. The van der Waals surface area contributed by atoms with Gasteiger partial charge in [0.25, 0.3) is 0 Å². The van der Waals surface area contributed by atoms with Gasteiger partial charge in [-0.15, -0.1) is 0 Å². The SMILES string of the molecule is CO[C@H]1[C@H](C2(C)OC2CC=C(C)C)[C@]2(CC[C@H]1NC(=O)C13CCC(C(=O)O)(CC1)CC3)CO2. The van der Waals surface area contributed by atoms with Crippen LogP contribution in [0.3, 0.4) is 0 Å². The number of carbonyl (C=O) groups is 2. The second-order valence-electron chi connectivity index (χ2n) is 11.8. The molecule has 0 aromatic carbocycles. The summed E-state index contributed by atoms with van der Waals surface area (Å²) in [7, 11) is 1.73. The fourth-order valence-corrected chi connectivity index (χ4v) is 7.31. The molecule has 1 spiro atoms. The normalized spacial score (nSPS) is 47.8. The van der Waals surface area contributed by atoms with Crippen LogP contribution in [-0.4, -0.2) is 60.2 Å². The molecule has 0 aromatic rings. The highest BCUT2D eigenvalue weighted by Gasteiger charge is 2.72. The van der Waals surface area contributed by atoms with Gasteiger partial charge in [0.1, 0.15) is 5.60 Å². The zero-order valence-electron chi connectivity index (χ0n) is 20.4. The van der Waals surface area contributed by atoms with Crippen molar-refractivity contribution in [3.8, 4) is 0 Å². The van der Waals surface area contributed by atoms with Crippen LogP contribution in [0.4, 0.5) is 0 Å². The van der Waals surface area contributed by atoms with Crippen molar-refractivity contribution >= 4 is 11.9 Å². The smallest absolute Gasteiger partial charge is 0.309 e. The van der Waals surface area contributed by atoms with E-state index in [0.717, 1.165) is 25.9 Å². The van der Waals surface area contributed by atoms with Crippen LogP contribution in [0.2, 0.25) is 0 Å². The van der Waals surface area contributed by atoms with Crippen LogP contribution in [0, 0.1) is 16.7 Å². The molecule has 2 aliphatic heterocycles. The number of carboxylic acid groups (broad SMARTS) is 1. The molecular weight excluding hydrogens is 422 g/mol. The summed E-state index contributed by atoms with van der Waals surface area (Å²) in [4.78, 5) is 25.4. The van der Waals surface area contributed by atoms with Crippen LogP contribution in [0.5, 0.6) is 0 Å². The molecule has 4 aliphatic carbocycles. The Labute approximate surface area is 196 Å². The highest BCUT2D eigenvalue weighted by molar-refractivity contribution is 5.85. The van der Waals surface area contributed by atoms with Gasteiger partial charge >= 0.3 is 5.97 Å². The number of allylic oxidation sites excluding steroid dienone is 1. The third kappa shape index (κ3) is 3.66. The molecule has 1 amide bonds. The minimum absolute atomic E-state index is 0.0690. The van der Waals surface area contributed by atoms with Crippen LogP contribution >= 0.6 is 0 Å². The molecule has 2 unspecified atom stereocenters. The first-order chi connectivity index (χ1) is 15.6. The van der Waals surface area contributed by atoms with Crippen molar-refractivity contribution in [3.63, 3.8) is 0 Å². The lowest BCUT2D eigenvalue weighted by molar-refractivity contribution is -0.164. The van der Waals surface area contributed by atoms with Gasteiger partial charge in [-0.1, -0.05) is 11.6 Å². The van der Waals surface area contributed by atoms with Gasteiger partial charge in [-0.25, -0.2) is 0 Å². The van der Waals surface area contributed by atoms with Crippen LogP contribution in [0.25, 0.3) is 0 Å². The van der Waals surface area contributed by atoms with E-state index in [2.05, 4.69) is 32.2 Å². The highest BCUT2D eigenvalue weighted by atomic mass is 16.6. The zero-order valence-corrected chi connectivity index (χ0v) is 20.4. The number of epoxide rings is 2. The van der Waals surface area contributed by atoms with Crippen molar-refractivity contribution in [2.75, 3.05) is 13.7 Å². The van der Waals surface area contributed by atoms with Gasteiger partial charge in [-0.2, -0.15) is 0 Å². The zero-order chi connectivity index (χ0) is 23.6. The minimum atomic E-state index is -0.694. The Morgan fingerprint density at radius 1 is 1.09 bits per heavy atom. The molecule has 2 bridgehead atoms. The molecule has 33 heavy (non-hydrogen) atoms. The largest absolute Gasteiger partial charge is 0.481 e.